The van der Waals surface area contributed by atoms with Gasteiger partial charge in [-0.05, 0) is 56.5 Å². The van der Waals surface area contributed by atoms with E-state index in [2.05, 4.69) is 63.2 Å². The summed E-state index contributed by atoms with van der Waals surface area (Å²) in [6.07, 6.45) is 1.23. The maximum absolute atomic E-state index is 3.21. The molecule has 2 heteroatoms. The first-order chi connectivity index (χ1) is 8.45. The average molecular weight is 248 g/mol. The van der Waals surface area contributed by atoms with Crippen molar-refractivity contribution in [3.8, 4) is 0 Å². The van der Waals surface area contributed by atoms with Crippen molar-refractivity contribution in [3.05, 3.63) is 29.3 Å². The number of nitrogens with zero attached hydrogens (tertiary/aromatic N) is 1. The molecule has 0 aromatic heterocycles. The van der Waals surface area contributed by atoms with Gasteiger partial charge in [-0.3, -0.25) is 0 Å². The number of rotatable bonds is 6. The smallest absolute Gasteiger partial charge is 0.0368 e. The van der Waals surface area contributed by atoms with Crippen molar-refractivity contribution in [1.29, 1.82) is 0 Å². The third kappa shape index (κ3) is 4.02. The molecule has 2 nitrogen and oxygen atoms in total. The highest BCUT2D eigenvalue weighted by Crippen LogP contribution is 2.22. The Morgan fingerprint density at radius 1 is 1.22 bits per heavy atom. The lowest BCUT2D eigenvalue weighted by Gasteiger charge is -2.29. The van der Waals surface area contributed by atoms with Crippen LogP contribution in [-0.4, -0.2) is 20.1 Å². The largest absolute Gasteiger partial charge is 0.372 e. The van der Waals surface area contributed by atoms with Crippen LogP contribution in [0.4, 0.5) is 5.69 Å². The van der Waals surface area contributed by atoms with Crippen molar-refractivity contribution in [2.75, 3.05) is 19.0 Å². The molecule has 0 aliphatic heterocycles. The molecule has 0 fully saturated rings. The predicted octanol–water partition coefficient (Wildman–Crippen LogP) is 3.59. The fourth-order valence-corrected chi connectivity index (χ4v) is 2.38. The zero-order chi connectivity index (χ0) is 13.7. The summed E-state index contributed by atoms with van der Waals surface area (Å²) in [7, 11) is 4.18. The van der Waals surface area contributed by atoms with E-state index in [9.17, 15) is 0 Å². The highest BCUT2D eigenvalue weighted by Gasteiger charge is 2.12. The molecule has 18 heavy (non-hydrogen) atoms. The topological polar surface area (TPSA) is 15.3 Å². The third-order valence-corrected chi connectivity index (χ3v) is 3.57. The minimum Gasteiger partial charge on any atom is -0.372 e. The van der Waals surface area contributed by atoms with Crippen LogP contribution in [0, 0.1) is 12.8 Å². The van der Waals surface area contributed by atoms with Crippen LogP contribution in [0.2, 0.25) is 0 Å². The first-order valence-electron chi connectivity index (χ1n) is 6.92. The van der Waals surface area contributed by atoms with Gasteiger partial charge >= 0.3 is 0 Å². The van der Waals surface area contributed by atoms with Crippen molar-refractivity contribution in [2.45, 2.75) is 46.7 Å². The number of nitrogens with one attached hydrogen (secondary N) is 1. The van der Waals surface area contributed by atoms with Gasteiger partial charge in [0.1, 0.15) is 0 Å². The summed E-state index contributed by atoms with van der Waals surface area (Å²) in [5, 5.41) is 3.21. The molecule has 0 aliphatic rings. The van der Waals surface area contributed by atoms with Crippen molar-refractivity contribution in [1.82, 2.24) is 5.32 Å². The second-order valence-electron chi connectivity index (χ2n) is 5.73. The van der Waals surface area contributed by atoms with E-state index in [-0.39, 0.29) is 0 Å². The molecular formula is C16H28N2. The van der Waals surface area contributed by atoms with Gasteiger partial charge < -0.3 is 10.2 Å². The van der Waals surface area contributed by atoms with Crippen LogP contribution in [-0.2, 0) is 6.54 Å². The molecule has 0 saturated heterocycles. The van der Waals surface area contributed by atoms with Crippen LogP contribution in [0.25, 0.3) is 0 Å². The Morgan fingerprint density at radius 2 is 1.89 bits per heavy atom. The summed E-state index contributed by atoms with van der Waals surface area (Å²) in [6.45, 7) is 10.0. The first kappa shape index (κ1) is 15.0. The highest BCUT2D eigenvalue weighted by atomic mass is 15.1. The van der Waals surface area contributed by atoms with Gasteiger partial charge in [0, 0.05) is 25.3 Å². The first-order valence-corrected chi connectivity index (χ1v) is 6.92. The van der Waals surface area contributed by atoms with E-state index in [1.54, 1.807) is 0 Å². The maximum atomic E-state index is 3.21. The Bertz CT molecular complexity index is 371. The van der Waals surface area contributed by atoms with Crippen molar-refractivity contribution in [3.63, 3.8) is 0 Å². The van der Waals surface area contributed by atoms with Crippen LogP contribution in [0.3, 0.4) is 0 Å². The third-order valence-electron chi connectivity index (χ3n) is 3.57. The van der Waals surface area contributed by atoms with Gasteiger partial charge in [0.25, 0.3) is 0 Å². The molecule has 0 radical (unpaired) electrons. The summed E-state index contributed by atoms with van der Waals surface area (Å²) >= 11 is 0. The van der Waals surface area contributed by atoms with Crippen molar-refractivity contribution in [2.24, 2.45) is 5.92 Å². The summed E-state index contributed by atoms with van der Waals surface area (Å²) in [5.74, 6) is 0.743. The fraction of sp³-hybridized carbons (Fsp3) is 0.625. The lowest BCUT2D eigenvalue weighted by molar-refractivity contribution is 0.504. The summed E-state index contributed by atoms with van der Waals surface area (Å²) in [4.78, 5) is 2.39. The Balaban J connectivity index is 2.80. The number of anilines is 1. The SMILES string of the molecule is CNCc1ccc(N(C)C(C)CC(C)C)cc1C. The Morgan fingerprint density at radius 3 is 2.39 bits per heavy atom. The van der Waals surface area contributed by atoms with E-state index >= 15 is 0 Å². The van der Waals surface area contributed by atoms with E-state index in [1.165, 1.54) is 23.2 Å². The summed E-state index contributed by atoms with van der Waals surface area (Å²) < 4.78 is 0. The molecule has 1 N–H and O–H groups in total. The minimum absolute atomic E-state index is 0.583. The highest BCUT2D eigenvalue weighted by molar-refractivity contribution is 5.50. The molecule has 0 amide bonds. The standard InChI is InChI=1S/C16H28N2/c1-12(2)9-14(4)18(6)16-8-7-15(11-17-5)13(3)10-16/h7-8,10,12,14,17H,9,11H2,1-6H3. The van der Waals surface area contributed by atoms with Gasteiger partial charge in [-0.15, -0.1) is 0 Å². The molecule has 1 aromatic rings. The minimum atomic E-state index is 0.583. The number of hydrogen-bond donors (Lipinski definition) is 1. The molecule has 0 aliphatic carbocycles. The van der Waals surface area contributed by atoms with Crippen LogP contribution < -0.4 is 10.2 Å². The van der Waals surface area contributed by atoms with E-state index in [0.717, 1.165) is 12.5 Å². The van der Waals surface area contributed by atoms with Crippen LogP contribution in [0.5, 0.6) is 0 Å². The van der Waals surface area contributed by atoms with Gasteiger partial charge in [-0.25, -0.2) is 0 Å². The molecule has 0 saturated carbocycles. The lowest BCUT2D eigenvalue weighted by Crippen LogP contribution is -2.30. The molecule has 102 valence electrons. The molecule has 0 heterocycles. The zero-order valence-corrected chi connectivity index (χ0v) is 12.7. The number of hydrogen-bond acceptors (Lipinski definition) is 2. The van der Waals surface area contributed by atoms with E-state index in [0.29, 0.717) is 6.04 Å². The van der Waals surface area contributed by atoms with Crippen LogP contribution in [0.15, 0.2) is 18.2 Å². The van der Waals surface area contributed by atoms with E-state index < -0.39 is 0 Å². The van der Waals surface area contributed by atoms with Gasteiger partial charge in [0.05, 0.1) is 0 Å². The molecule has 1 unspecified atom stereocenters. The Hall–Kier alpha value is -1.02. The number of benzene rings is 1. The maximum Gasteiger partial charge on any atom is 0.0368 e. The summed E-state index contributed by atoms with van der Waals surface area (Å²) in [5.41, 5.74) is 4.07. The van der Waals surface area contributed by atoms with E-state index in [4.69, 9.17) is 0 Å². The number of aryl methyl sites for hydroxylation is 1. The van der Waals surface area contributed by atoms with Gasteiger partial charge in [0.2, 0.25) is 0 Å². The van der Waals surface area contributed by atoms with Gasteiger partial charge in [0.15, 0.2) is 0 Å². The van der Waals surface area contributed by atoms with Gasteiger partial charge in [-0.2, -0.15) is 0 Å². The second kappa shape index (κ2) is 6.79. The molecular weight excluding hydrogens is 220 g/mol. The quantitative estimate of drug-likeness (QED) is 0.827. The monoisotopic (exact) mass is 248 g/mol. The second-order valence-corrected chi connectivity index (χ2v) is 5.73. The molecule has 0 bridgehead atoms. The average Bonchev–Trinajstić information content (AvgIpc) is 2.30. The van der Waals surface area contributed by atoms with Crippen molar-refractivity contribution >= 4 is 5.69 Å². The predicted molar refractivity (Wildman–Crippen MR) is 81.3 cm³/mol. The van der Waals surface area contributed by atoms with E-state index in [1.807, 2.05) is 7.05 Å². The fourth-order valence-electron chi connectivity index (χ4n) is 2.38. The Kier molecular flexibility index (Phi) is 5.67. The molecule has 1 rings (SSSR count). The van der Waals surface area contributed by atoms with Gasteiger partial charge in [-0.1, -0.05) is 19.9 Å². The Labute approximate surface area is 112 Å². The normalized spacial score (nSPS) is 12.8. The van der Waals surface area contributed by atoms with Crippen LogP contribution in [0.1, 0.15) is 38.3 Å². The zero-order valence-electron chi connectivity index (χ0n) is 12.7. The molecule has 1 aromatic carbocycles. The summed E-state index contributed by atoms with van der Waals surface area (Å²) in [6, 6.07) is 7.35. The van der Waals surface area contributed by atoms with Crippen LogP contribution >= 0.6 is 0 Å². The molecule has 1 atom stereocenters. The lowest BCUT2D eigenvalue weighted by atomic mass is 10.0. The van der Waals surface area contributed by atoms with Crippen molar-refractivity contribution < 1.29 is 0 Å². The molecule has 0 spiro atoms.